The molecule has 0 aromatic heterocycles. The van der Waals surface area contributed by atoms with E-state index in [1.54, 1.807) is 19.1 Å². The number of aryl methyl sites for hydroxylation is 1. The Morgan fingerprint density at radius 2 is 2.00 bits per heavy atom. The highest BCUT2D eigenvalue weighted by Crippen LogP contribution is 2.24. The third-order valence-electron chi connectivity index (χ3n) is 2.82. The quantitative estimate of drug-likeness (QED) is 0.868. The lowest BCUT2D eigenvalue weighted by Crippen LogP contribution is -2.22. The fourth-order valence-corrected chi connectivity index (χ4v) is 2.13. The van der Waals surface area contributed by atoms with Crippen LogP contribution in [0, 0.1) is 18.6 Å². The summed E-state index contributed by atoms with van der Waals surface area (Å²) in [7, 11) is 0. The number of hydrogen-bond donors (Lipinski definition) is 2. The van der Waals surface area contributed by atoms with E-state index < -0.39 is 5.82 Å². The number of halogens is 3. The van der Waals surface area contributed by atoms with Crippen molar-refractivity contribution < 1.29 is 13.6 Å². The van der Waals surface area contributed by atoms with Crippen molar-refractivity contribution in [3.63, 3.8) is 0 Å². The highest BCUT2D eigenvalue weighted by Gasteiger charge is 2.07. The molecule has 21 heavy (non-hydrogen) atoms. The van der Waals surface area contributed by atoms with Crippen molar-refractivity contribution in [3.8, 4) is 0 Å². The van der Waals surface area contributed by atoms with E-state index in [-0.39, 0.29) is 18.3 Å². The summed E-state index contributed by atoms with van der Waals surface area (Å²) in [5.74, 6) is -1.10. The molecular formula is C15H13BrF2N2O. The third kappa shape index (κ3) is 4.26. The van der Waals surface area contributed by atoms with Crippen LogP contribution in [0.5, 0.6) is 0 Å². The molecule has 0 saturated carbocycles. The van der Waals surface area contributed by atoms with Gasteiger partial charge in [0.2, 0.25) is 5.91 Å². The number of anilines is 2. The minimum absolute atomic E-state index is 0.00454. The molecule has 2 aromatic rings. The zero-order chi connectivity index (χ0) is 15.4. The lowest BCUT2D eigenvalue weighted by Gasteiger charge is -2.11. The molecule has 0 unspecified atom stereocenters. The maximum Gasteiger partial charge on any atom is 0.243 e. The standard InChI is InChI=1S/C15H13BrF2N2O/c1-9-5-13(18)12(16)7-14(9)19-8-15(21)20-11-4-2-3-10(17)6-11/h2-7,19H,8H2,1H3,(H,20,21). The van der Waals surface area contributed by atoms with E-state index in [0.29, 0.717) is 21.4 Å². The number of amides is 1. The average Bonchev–Trinajstić information content (AvgIpc) is 2.41. The van der Waals surface area contributed by atoms with E-state index >= 15 is 0 Å². The fourth-order valence-electron chi connectivity index (χ4n) is 1.78. The van der Waals surface area contributed by atoms with Crippen LogP contribution in [0.25, 0.3) is 0 Å². The maximum atomic E-state index is 13.3. The minimum atomic E-state index is -0.418. The zero-order valence-electron chi connectivity index (χ0n) is 11.2. The molecule has 2 N–H and O–H groups in total. The maximum absolute atomic E-state index is 13.3. The van der Waals surface area contributed by atoms with Gasteiger partial charge in [-0.2, -0.15) is 0 Å². The molecule has 0 heterocycles. The molecular weight excluding hydrogens is 342 g/mol. The van der Waals surface area contributed by atoms with Gasteiger partial charge in [-0.3, -0.25) is 4.79 Å². The first-order chi connectivity index (χ1) is 9.95. The zero-order valence-corrected chi connectivity index (χ0v) is 12.8. The fraction of sp³-hybridized carbons (Fsp3) is 0.133. The molecule has 1 amide bonds. The summed E-state index contributed by atoms with van der Waals surface area (Å²) in [6.07, 6.45) is 0. The molecule has 6 heteroatoms. The second-order valence-electron chi connectivity index (χ2n) is 4.49. The summed E-state index contributed by atoms with van der Waals surface area (Å²) in [4.78, 5) is 11.8. The van der Waals surface area contributed by atoms with Crippen LogP contribution >= 0.6 is 15.9 Å². The molecule has 0 spiro atoms. The lowest BCUT2D eigenvalue weighted by atomic mass is 10.2. The number of rotatable bonds is 4. The largest absolute Gasteiger partial charge is 0.376 e. The Labute approximate surface area is 129 Å². The molecule has 2 aromatic carbocycles. The van der Waals surface area contributed by atoms with Crippen molar-refractivity contribution in [3.05, 3.63) is 58.1 Å². The first-order valence-corrected chi connectivity index (χ1v) is 7.00. The first-order valence-electron chi connectivity index (χ1n) is 6.20. The Bertz CT molecular complexity index is 677. The molecule has 0 aliphatic heterocycles. The van der Waals surface area contributed by atoms with Gasteiger partial charge in [0.05, 0.1) is 11.0 Å². The van der Waals surface area contributed by atoms with Crippen LogP contribution in [0.15, 0.2) is 40.9 Å². The predicted molar refractivity (Wildman–Crippen MR) is 82.4 cm³/mol. The van der Waals surface area contributed by atoms with Crippen molar-refractivity contribution in [2.24, 2.45) is 0 Å². The molecule has 0 fully saturated rings. The van der Waals surface area contributed by atoms with Gasteiger partial charge in [0.15, 0.2) is 0 Å². The third-order valence-corrected chi connectivity index (χ3v) is 3.42. The lowest BCUT2D eigenvalue weighted by molar-refractivity contribution is -0.114. The average molecular weight is 355 g/mol. The van der Waals surface area contributed by atoms with Crippen molar-refractivity contribution in [2.75, 3.05) is 17.2 Å². The van der Waals surface area contributed by atoms with Crippen molar-refractivity contribution in [1.29, 1.82) is 0 Å². The van der Waals surface area contributed by atoms with E-state index in [1.807, 2.05) is 0 Å². The molecule has 0 radical (unpaired) electrons. The number of hydrogen-bond acceptors (Lipinski definition) is 2. The Kier molecular flexibility index (Phi) is 4.90. The summed E-state index contributed by atoms with van der Waals surface area (Å²) >= 11 is 3.09. The van der Waals surface area contributed by atoms with Crippen molar-refractivity contribution in [1.82, 2.24) is 0 Å². The van der Waals surface area contributed by atoms with Gasteiger partial charge in [0.1, 0.15) is 11.6 Å². The second kappa shape index (κ2) is 6.67. The molecule has 3 nitrogen and oxygen atoms in total. The Balaban J connectivity index is 1.97. The van der Waals surface area contributed by atoms with E-state index in [0.717, 1.165) is 0 Å². The van der Waals surface area contributed by atoms with E-state index in [9.17, 15) is 13.6 Å². The molecule has 0 atom stereocenters. The molecule has 0 aliphatic rings. The summed E-state index contributed by atoms with van der Waals surface area (Å²) in [5, 5.41) is 5.48. The first kappa shape index (κ1) is 15.4. The van der Waals surface area contributed by atoms with Gasteiger partial charge in [-0.15, -0.1) is 0 Å². The van der Waals surface area contributed by atoms with Gasteiger partial charge in [-0.1, -0.05) is 6.07 Å². The van der Waals surface area contributed by atoms with Gasteiger partial charge >= 0.3 is 0 Å². The monoisotopic (exact) mass is 354 g/mol. The number of benzene rings is 2. The summed E-state index contributed by atoms with van der Waals surface area (Å²) in [6, 6.07) is 8.59. The van der Waals surface area contributed by atoms with Crippen LogP contribution in [0.4, 0.5) is 20.2 Å². The number of carbonyl (C=O) groups excluding carboxylic acids is 1. The van der Waals surface area contributed by atoms with Crippen LogP contribution in [-0.2, 0) is 4.79 Å². The van der Waals surface area contributed by atoms with Gasteiger partial charge in [-0.25, -0.2) is 8.78 Å². The van der Waals surface area contributed by atoms with Gasteiger partial charge in [0.25, 0.3) is 0 Å². The highest BCUT2D eigenvalue weighted by molar-refractivity contribution is 9.10. The van der Waals surface area contributed by atoms with Crippen LogP contribution in [0.3, 0.4) is 0 Å². The van der Waals surface area contributed by atoms with Crippen LogP contribution in [0.2, 0.25) is 0 Å². The van der Waals surface area contributed by atoms with Crippen LogP contribution in [-0.4, -0.2) is 12.5 Å². The molecule has 0 saturated heterocycles. The number of nitrogens with one attached hydrogen (secondary N) is 2. The van der Waals surface area contributed by atoms with Crippen molar-refractivity contribution in [2.45, 2.75) is 6.92 Å². The van der Waals surface area contributed by atoms with E-state index in [4.69, 9.17) is 0 Å². The SMILES string of the molecule is Cc1cc(F)c(Br)cc1NCC(=O)Nc1cccc(F)c1. The Hall–Kier alpha value is -1.95. The Morgan fingerprint density at radius 3 is 2.71 bits per heavy atom. The smallest absolute Gasteiger partial charge is 0.243 e. The minimum Gasteiger partial charge on any atom is -0.376 e. The topological polar surface area (TPSA) is 41.1 Å². The molecule has 0 aliphatic carbocycles. The molecule has 2 rings (SSSR count). The molecule has 0 bridgehead atoms. The summed E-state index contributed by atoms with van der Waals surface area (Å²) < 4.78 is 26.6. The normalized spacial score (nSPS) is 10.3. The summed E-state index contributed by atoms with van der Waals surface area (Å²) in [5.41, 5.74) is 1.73. The Morgan fingerprint density at radius 1 is 1.24 bits per heavy atom. The highest BCUT2D eigenvalue weighted by atomic mass is 79.9. The van der Waals surface area contributed by atoms with Gasteiger partial charge in [0, 0.05) is 11.4 Å². The van der Waals surface area contributed by atoms with Crippen LogP contribution < -0.4 is 10.6 Å². The van der Waals surface area contributed by atoms with E-state index in [1.165, 1.54) is 24.3 Å². The molecule has 110 valence electrons. The van der Waals surface area contributed by atoms with E-state index in [2.05, 4.69) is 26.6 Å². The predicted octanol–water partition coefficient (Wildman–Crippen LogP) is 4.09. The van der Waals surface area contributed by atoms with Gasteiger partial charge < -0.3 is 10.6 Å². The summed E-state index contributed by atoms with van der Waals surface area (Å²) in [6.45, 7) is 1.73. The van der Waals surface area contributed by atoms with Crippen LogP contribution in [0.1, 0.15) is 5.56 Å². The van der Waals surface area contributed by atoms with Gasteiger partial charge in [-0.05, 0) is 58.7 Å². The number of carbonyl (C=O) groups is 1. The van der Waals surface area contributed by atoms with Crippen molar-refractivity contribution >= 4 is 33.2 Å². The second-order valence-corrected chi connectivity index (χ2v) is 5.35.